The first-order valence-corrected chi connectivity index (χ1v) is 11.2. The van der Waals surface area contributed by atoms with E-state index in [1.807, 2.05) is 12.3 Å². The molecule has 11 heteroatoms. The first-order chi connectivity index (χ1) is 16.0. The van der Waals surface area contributed by atoms with Gasteiger partial charge in [0.05, 0.1) is 31.1 Å². The second-order valence-corrected chi connectivity index (χ2v) is 8.07. The largest absolute Gasteiger partial charge is 0.374 e. The molecule has 4 rings (SSSR count). The third-order valence-electron chi connectivity index (χ3n) is 5.19. The number of ether oxygens (including phenoxy) is 1. The van der Waals surface area contributed by atoms with Crippen LogP contribution in [0.25, 0.3) is 11.1 Å². The minimum Gasteiger partial charge on any atom is -0.374 e. The summed E-state index contributed by atoms with van der Waals surface area (Å²) < 4.78 is 8.84. The van der Waals surface area contributed by atoms with Crippen molar-refractivity contribution in [2.75, 3.05) is 37.4 Å². The number of hydrogen-bond acceptors (Lipinski definition) is 6. The molecule has 1 unspecified atom stereocenters. The number of hydrogen-bond donors (Lipinski definition) is 3. The molecular weight excluding hydrogens is 446 g/mol. The summed E-state index contributed by atoms with van der Waals surface area (Å²) in [6, 6.07) is 7.20. The molecule has 1 aliphatic heterocycles. The Balaban J connectivity index is 1.44. The van der Waals surface area contributed by atoms with Gasteiger partial charge in [0.25, 0.3) is 11.8 Å². The van der Waals surface area contributed by atoms with E-state index in [1.54, 1.807) is 42.3 Å². The first kappa shape index (κ1) is 23.0. The number of nitrogens with one attached hydrogen (secondary N) is 3. The van der Waals surface area contributed by atoms with Crippen LogP contribution in [0.5, 0.6) is 0 Å². The van der Waals surface area contributed by atoms with Crippen molar-refractivity contribution in [1.29, 1.82) is 0 Å². The lowest BCUT2D eigenvalue weighted by atomic mass is 10.1. The highest BCUT2D eigenvalue weighted by Crippen LogP contribution is 2.21. The van der Waals surface area contributed by atoms with Gasteiger partial charge in [-0.3, -0.25) is 19.0 Å². The molecule has 2 aromatic heterocycles. The Morgan fingerprint density at radius 3 is 2.94 bits per heavy atom. The van der Waals surface area contributed by atoms with Gasteiger partial charge in [-0.05, 0) is 17.7 Å². The van der Waals surface area contributed by atoms with Crippen molar-refractivity contribution < 1.29 is 14.3 Å². The normalized spacial score (nSPS) is 15.9. The van der Waals surface area contributed by atoms with Gasteiger partial charge < -0.3 is 20.7 Å². The van der Waals surface area contributed by atoms with Gasteiger partial charge in [-0.1, -0.05) is 12.1 Å². The fourth-order valence-corrected chi connectivity index (χ4v) is 3.72. The van der Waals surface area contributed by atoms with E-state index < -0.39 is 0 Å². The Morgan fingerprint density at radius 1 is 1.27 bits per heavy atom. The molecule has 0 saturated carbocycles. The van der Waals surface area contributed by atoms with Crippen molar-refractivity contribution in [1.82, 2.24) is 30.2 Å². The van der Waals surface area contributed by atoms with E-state index in [0.717, 1.165) is 17.7 Å². The number of morpholine rings is 1. The number of alkyl halides is 1. The summed E-state index contributed by atoms with van der Waals surface area (Å²) >= 11 is 5.77. The van der Waals surface area contributed by atoms with E-state index in [4.69, 9.17) is 16.3 Å². The predicted molar refractivity (Wildman–Crippen MR) is 124 cm³/mol. The van der Waals surface area contributed by atoms with Crippen molar-refractivity contribution >= 4 is 29.1 Å². The Kier molecular flexibility index (Phi) is 7.38. The molecule has 0 spiro atoms. The molecule has 1 aromatic carbocycles. The molecule has 33 heavy (non-hydrogen) atoms. The maximum absolute atomic E-state index is 12.9. The fourth-order valence-electron chi connectivity index (χ4n) is 3.54. The lowest BCUT2D eigenvalue weighted by Gasteiger charge is -2.23. The molecule has 1 fully saturated rings. The minimum absolute atomic E-state index is 0.0963. The van der Waals surface area contributed by atoms with Crippen LogP contribution in [0.2, 0.25) is 0 Å². The van der Waals surface area contributed by atoms with E-state index in [9.17, 15) is 9.59 Å². The maximum atomic E-state index is 12.9. The summed E-state index contributed by atoms with van der Waals surface area (Å²) in [5.74, 6) is -0.248. The quantitative estimate of drug-likeness (QED) is 0.429. The average molecular weight is 472 g/mol. The zero-order valence-electron chi connectivity index (χ0n) is 18.3. The van der Waals surface area contributed by atoms with E-state index in [0.29, 0.717) is 43.4 Å². The molecule has 3 heterocycles. The van der Waals surface area contributed by atoms with Gasteiger partial charge in [0, 0.05) is 56.1 Å². The Labute approximate surface area is 196 Å². The van der Waals surface area contributed by atoms with Crippen molar-refractivity contribution in [3.05, 3.63) is 54.1 Å². The number of halogens is 1. The molecule has 3 N–H and O–H groups in total. The van der Waals surface area contributed by atoms with Crippen LogP contribution in [0, 0.1) is 0 Å². The lowest BCUT2D eigenvalue weighted by Crippen LogP contribution is -2.45. The van der Waals surface area contributed by atoms with Gasteiger partial charge in [0.2, 0.25) is 0 Å². The number of nitrogens with zero attached hydrogens (tertiary/aromatic N) is 4. The van der Waals surface area contributed by atoms with E-state index in [2.05, 4.69) is 26.1 Å². The second kappa shape index (κ2) is 10.6. The number of anilines is 1. The predicted octanol–water partition coefficient (Wildman–Crippen LogP) is 1.49. The lowest BCUT2D eigenvalue weighted by molar-refractivity contribution is 0.0287. The Morgan fingerprint density at radius 2 is 2.15 bits per heavy atom. The number of amides is 2. The zero-order valence-corrected chi connectivity index (χ0v) is 19.0. The third-order valence-corrected chi connectivity index (χ3v) is 5.36. The second-order valence-electron chi connectivity index (χ2n) is 7.69. The smallest absolute Gasteiger partial charge is 0.274 e. The monoisotopic (exact) mass is 471 g/mol. The van der Waals surface area contributed by atoms with E-state index >= 15 is 0 Å². The molecule has 10 nitrogen and oxygen atoms in total. The Hall–Kier alpha value is -3.21. The molecular formula is C22H26ClN7O3. The van der Waals surface area contributed by atoms with Crippen LogP contribution < -0.4 is 16.0 Å². The molecule has 3 aromatic rings. The molecule has 0 bridgehead atoms. The van der Waals surface area contributed by atoms with Crippen molar-refractivity contribution in [2.45, 2.75) is 12.6 Å². The molecule has 1 aliphatic rings. The van der Waals surface area contributed by atoms with Gasteiger partial charge in [0.1, 0.15) is 0 Å². The van der Waals surface area contributed by atoms with E-state index in [1.165, 1.54) is 4.68 Å². The highest BCUT2D eigenvalue weighted by molar-refractivity contribution is 6.17. The fraction of sp³-hybridized carbons (Fsp3) is 0.364. The van der Waals surface area contributed by atoms with Crippen molar-refractivity contribution in [3.63, 3.8) is 0 Å². The molecule has 0 aliphatic carbocycles. The summed E-state index contributed by atoms with van der Waals surface area (Å²) in [6.45, 7) is 3.05. The van der Waals surface area contributed by atoms with Crippen LogP contribution in [-0.2, 0) is 18.3 Å². The minimum atomic E-state index is -0.375. The van der Waals surface area contributed by atoms with Gasteiger partial charge >= 0.3 is 0 Å². The number of rotatable bonds is 8. The zero-order chi connectivity index (χ0) is 23.2. The molecule has 1 saturated heterocycles. The number of carbonyl (C=O) groups excluding carboxylic acids is 2. The highest BCUT2D eigenvalue weighted by atomic mass is 35.5. The van der Waals surface area contributed by atoms with Crippen molar-refractivity contribution in [2.24, 2.45) is 7.05 Å². The van der Waals surface area contributed by atoms with Gasteiger partial charge in [-0.2, -0.15) is 10.2 Å². The van der Waals surface area contributed by atoms with Crippen LogP contribution in [0.15, 0.2) is 42.9 Å². The number of benzene rings is 1. The molecule has 0 radical (unpaired) electrons. The van der Waals surface area contributed by atoms with Crippen LogP contribution in [0.4, 0.5) is 5.69 Å². The summed E-state index contributed by atoms with van der Waals surface area (Å²) in [5, 5.41) is 17.3. The number of carbonyl (C=O) groups is 2. The molecule has 2 amide bonds. The van der Waals surface area contributed by atoms with Crippen molar-refractivity contribution in [3.8, 4) is 11.1 Å². The summed E-state index contributed by atoms with van der Waals surface area (Å²) in [6.07, 6.45) is 5.12. The SMILES string of the molecule is Cn1cc(NC(=O)c2cccc(-c3cnn(CCCl)c3)c2)c(C(=O)NCC2CNCCO2)n1. The van der Waals surface area contributed by atoms with Crippen LogP contribution in [0.3, 0.4) is 0 Å². The maximum Gasteiger partial charge on any atom is 0.274 e. The van der Waals surface area contributed by atoms with E-state index in [-0.39, 0.29) is 23.6 Å². The average Bonchev–Trinajstić information content (AvgIpc) is 3.45. The molecule has 174 valence electrons. The van der Waals surface area contributed by atoms with Gasteiger partial charge in [0.15, 0.2) is 5.69 Å². The highest BCUT2D eigenvalue weighted by Gasteiger charge is 2.21. The van der Waals surface area contributed by atoms with Gasteiger partial charge in [-0.25, -0.2) is 0 Å². The number of aryl methyl sites for hydroxylation is 2. The summed E-state index contributed by atoms with van der Waals surface area (Å²) in [5.41, 5.74) is 2.68. The van der Waals surface area contributed by atoms with Crippen LogP contribution in [0.1, 0.15) is 20.8 Å². The summed E-state index contributed by atoms with van der Waals surface area (Å²) in [7, 11) is 1.69. The topological polar surface area (TPSA) is 115 Å². The standard InChI is InChI=1S/C22H26ClN7O3/c1-29-14-19(20(28-29)22(32)25-12-18-11-24-6-8-33-18)27-21(31)16-4-2-3-15(9-16)17-10-26-30(13-17)7-5-23/h2-4,9-10,13-14,18,24H,5-8,11-12H2,1H3,(H,25,32)(H,27,31). The molecule has 1 atom stereocenters. The van der Waals surface area contributed by atoms with Gasteiger partial charge in [-0.15, -0.1) is 11.6 Å². The Bertz CT molecular complexity index is 1120. The van der Waals surface area contributed by atoms with Crippen LogP contribution >= 0.6 is 11.6 Å². The first-order valence-electron chi connectivity index (χ1n) is 10.7. The van der Waals surface area contributed by atoms with Crippen LogP contribution in [-0.4, -0.2) is 69.6 Å². The number of aromatic nitrogens is 4. The third kappa shape index (κ3) is 5.78. The summed E-state index contributed by atoms with van der Waals surface area (Å²) in [4.78, 5) is 25.6.